The SMILES string of the molecule is N=C(N)N(CCN(C(=N)N)C(=S)S)C(=S)S. The molecule has 0 radical (unpaired) electrons. The van der Waals surface area contributed by atoms with E-state index in [9.17, 15) is 0 Å². The lowest BCUT2D eigenvalue weighted by molar-refractivity contribution is 0.515. The molecule has 0 aliphatic rings. The third kappa shape index (κ3) is 4.96. The Kier molecular flexibility index (Phi) is 6.64. The van der Waals surface area contributed by atoms with Crippen LogP contribution in [0.25, 0.3) is 0 Å². The molecular weight excluding hydrogens is 284 g/mol. The van der Waals surface area contributed by atoms with E-state index in [1.54, 1.807) is 0 Å². The number of hydrogen-bond acceptors (Lipinski definition) is 4. The molecule has 16 heavy (non-hydrogen) atoms. The first kappa shape index (κ1) is 15.4. The molecule has 0 amide bonds. The van der Waals surface area contributed by atoms with Crippen molar-refractivity contribution in [3.8, 4) is 0 Å². The van der Waals surface area contributed by atoms with E-state index in [1.165, 1.54) is 9.80 Å². The molecule has 6 nitrogen and oxygen atoms in total. The molecule has 0 aromatic carbocycles. The highest BCUT2D eigenvalue weighted by atomic mass is 32.1. The van der Waals surface area contributed by atoms with Gasteiger partial charge in [0.25, 0.3) is 0 Å². The molecule has 6 N–H and O–H groups in total. The van der Waals surface area contributed by atoms with Gasteiger partial charge in [0.1, 0.15) is 8.64 Å². The highest BCUT2D eigenvalue weighted by Crippen LogP contribution is 2.00. The van der Waals surface area contributed by atoms with E-state index in [0.29, 0.717) is 0 Å². The summed E-state index contributed by atoms with van der Waals surface area (Å²) in [5, 5.41) is 14.5. The van der Waals surface area contributed by atoms with E-state index in [0.717, 1.165) is 0 Å². The summed E-state index contributed by atoms with van der Waals surface area (Å²) in [4.78, 5) is 2.56. The number of nitrogens with zero attached hydrogens (tertiary/aromatic N) is 2. The Morgan fingerprint density at radius 2 is 1.19 bits per heavy atom. The van der Waals surface area contributed by atoms with Crippen LogP contribution in [0.3, 0.4) is 0 Å². The molecular formula is C6H12N6S4. The van der Waals surface area contributed by atoms with Crippen LogP contribution >= 0.6 is 49.7 Å². The van der Waals surface area contributed by atoms with E-state index in [2.05, 4.69) is 25.3 Å². The Balaban J connectivity index is 4.50. The summed E-state index contributed by atoms with van der Waals surface area (Å²) in [6, 6.07) is 0. The summed E-state index contributed by atoms with van der Waals surface area (Å²) < 4.78 is 0.335. The van der Waals surface area contributed by atoms with Crippen molar-refractivity contribution in [1.82, 2.24) is 9.80 Å². The minimum atomic E-state index is -0.228. The lowest BCUT2D eigenvalue weighted by Crippen LogP contribution is -2.46. The van der Waals surface area contributed by atoms with Crippen LogP contribution in [0, 0.1) is 10.8 Å². The maximum absolute atomic E-state index is 7.25. The van der Waals surface area contributed by atoms with E-state index in [1.807, 2.05) is 0 Å². The Hall–Kier alpha value is -0.580. The van der Waals surface area contributed by atoms with Crippen molar-refractivity contribution in [2.24, 2.45) is 11.5 Å². The number of thiol groups is 2. The van der Waals surface area contributed by atoms with Crippen molar-refractivity contribution in [3.05, 3.63) is 0 Å². The molecule has 90 valence electrons. The molecule has 0 bridgehead atoms. The summed E-state index contributed by atoms with van der Waals surface area (Å²) in [7, 11) is 0. The Morgan fingerprint density at radius 3 is 1.31 bits per heavy atom. The largest absolute Gasteiger partial charge is 0.370 e. The van der Waals surface area contributed by atoms with Gasteiger partial charge in [-0.05, 0) is 0 Å². The monoisotopic (exact) mass is 296 g/mol. The third-order valence-electron chi connectivity index (χ3n) is 1.59. The van der Waals surface area contributed by atoms with Crippen molar-refractivity contribution in [1.29, 1.82) is 10.8 Å². The number of thiocarbonyl (C=S) groups is 2. The molecule has 0 rings (SSSR count). The lowest BCUT2D eigenvalue weighted by atomic mass is 10.5. The zero-order valence-electron chi connectivity index (χ0n) is 8.17. The predicted molar refractivity (Wildman–Crippen MR) is 80.4 cm³/mol. The van der Waals surface area contributed by atoms with Crippen molar-refractivity contribution < 1.29 is 0 Å². The first-order chi connectivity index (χ1) is 7.27. The summed E-state index contributed by atoms with van der Waals surface area (Å²) in [5.74, 6) is -0.456. The van der Waals surface area contributed by atoms with Crippen LogP contribution in [-0.4, -0.2) is 43.4 Å². The van der Waals surface area contributed by atoms with E-state index in [4.69, 9.17) is 46.7 Å². The van der Waals surface area contributed by atoms with Gasteiger partial charge in [0.15, 0.2) is 11.9 Å². The molecule has 0 unspecified atom stereocenters. The zero-order chi connectivity index (χ0) is 12.9. The molecule has 0 aliphatic heterocycles. The first-order valence-electron chi connectivity index (χ1n) is 3.96. The van der Waals surface area contributed by atoms with Gasteiger partial charge in [-0.15, -0.1) is 25.3 Å². The van der Waals surface area contributed by atoms with E-state index < -0.39 is 0 Å². The second-order valence-electron chi connectivity index (χ2n) is 2.64. The van der Waals surface area contributed by atoms with Crippen LogP contribution in [-0.2, 0) is 0 Å². The predicted octanol–water partition coefficient (Wildman–Crippen LogP) is -0.193. The molecule has 0 atom stereocenters. The van der Waals surface area contributed by atoms with Crippen molar-refractivity contribution in [3.63, 3.8) is 0 Å². The number of nitrogens with two attached hydrogens (primary N) is 2. The summed E-state index contributed by atoms with van der Waals surface area (Å²) in [6.45, 7) is 0.496. The van der Waals surface area contributed by atoms with E-state index in [-0.39, 0.29) is 33.6 Å². The van der Waals surface area contributed by atoms with Crippen molar-refractivity contribution in [2.45, 2.75) is 0 Å². The van der Waals surface area contributed by atoms with Crippen LogP contribution in [0.5, 0.6) is 0 Å². The summed E-state index contributed by atoms with van der Waals surface area (Å²) >= 11 is 17.4. The second kappa shape index (κ2) is 6.89. The van der Waals surface area contributed by atoms with Crippen molar-refractivity contribution in [2.75, 3.05) is 13.1 Å². The Labute approximate surface area is 115 Å². The first-order valence-corrected chi connectivity index (χ1v) is 5.67. The molecule has 0 saturated heterocycles. The Morgan fingerprint density at radius 1 is 0.938 bits per heavy atom. The van der Waals surface area contributed by atoms with Crippen LogP contribution in [0.4, 0.5) is 0 Å². The average Bonchev–Trinajstić information content (AvgIpc) is 2.09. The zero-order valence-corrected chi connectivity index (χ0v) is 11.6. The molecule has 10 heteroatoms. The van der Waals surface area contributed by atoms with Crippen molar-refractivity contribution >= 4 is 70.3 Å². The summed E-state index contributed by atoms with van der Waals surface area (Å²) in [5.41, 5.74) is 10.6. The molecule has 0 fully saturated rings. The highest BCUT2D eigenvalue weighted by molar-refractivity contribution is 8.11. The van der Waals surface area contributed by atoms with Crippen LogP contribution in [0.1, 0.15) is 0 Å². The molecule has 0 spiro atoms. The van der Waals surface area contributed by atoms with Gasteiger partial charge < -0.3 is 11.5 Å². The fourth-order valence-corrected chi connectivity index (χ4v) is 1.63. The minimum Gasteiger partial charge on any atom is -0.370 e. The van der Waals surface area contributed by atoms with Crippen LogP contribution in [0.15, 0.2) is 0 Å². The lowest BCUT2D eigenvalue weighted by Gasteiger charge is -2.25. The summed E-state index contributed by atoms with van der Waals surface area (Å²) in [6.07, 6.45) is 0. The average molecular weight is 296 g/mol. The standard InChI is InChI=1S/C6H12N6S4/c7-3(8)11(5(13)14)1-2-12(4(9)10)6(15)16/h1-2H2,(H3,7,8)(H3,9,10)(H,13,14)(H,15,16). The Bertz CT molecular complexity index is 269. The maximum atomic E-state index is 7.25. The van der Waals surface area contributed by atoms with Gasteiger partial charge in [-0.3, -0.25) is 20.6 Å². The molecule has 0 saturated carbocycles. The van der Waals surface area contributed by atoms with Gasteiger partial charge in [-0.1, -0.05) is 24.4 Å². The van der Waals surface area contributed by atoms with Gasteiger partial charge in [0, 0.05) is 13.1 Å². The maximum Gasteiger partial charge on any atom is 0.194 e. The van der Waals surface area contributed by atoms with Crippen LogP contribution < -0.4 is 11.5 Å². The normalized spacial score (nSPS) is 9.38. The topological polar surface area (TPSA) is 106 Å². The molecule has 0 aromatic rings. The molecule has 0 heterocycles. The molecule has 0 aliphatic carbocycles. The van der Waals surface area contributed by atoms with Gasteiger partial charge >= 0.3 is 0 Å². The number of rotatable bonds is 3. The minimum absolute atomic E-state index is 0.168. The molecule has 0 aromatic heterocycles. The number of guanidine groups is 2. The third-order valence-corrected chi connectivity index (χ3v) is 2.51. The van der Waals surface area contributed by atoms with Gasteiger partial charge in [0.2, 0.25) is 0 Å². The fraction of sp³-hybridized carbons (Fsp3) is 0.333. The fourth-order valence-electron chi connectivity index (χ4n) is 0.838. The van der Waals surface area contributed by atoms with E-state index >= 15 is 0 Å². The van der Waals surface area contributed by atoms with Crippen LogP contribution in [0.2, 0.25) is 0 Å². The van der Waals surface area contributed by atoms with Gasteiger partial charge in [0.05, 0.1) is 0 Å². The number of nitrogens with one attached hydrogen (secondary N) is 2. The van der Waals surface area contributed by atoms with Gasteiger partial charge in [-0.25, -0.2) is 0 Å². The second-order valence-corrected chi connectivity index (χ2v) is 4.86. The quantitative estimate of drug-likeness (QED) is 0.187. The number of hydrogen-bond donors (Lipinski definition) is 6. The highest BCUT2D eigenvalue weighted by Gasteiger charge is 2.14. The smallest absolute Gasteiger partial charge is 0.194 e. The van der Waals surface area contributed by atoms with Gasteiger partial charge in [-0.2, -0.15) is 0 Å².